The Labute approximate surface area is 174 Å². The number of hydrogen-bond acceptors (Lipinski definition) is 5. The first-order chi connectivity index (χ1) is 14.6. The SMILES string of the molecule is CC1(C(=O)N2COC[C@H]2c2ccccc2)CCN(c2ccnc3c(F)cnn23)CC1. The number of amides is 1. The highest BCUT2D eigenvalue weighted by atomic mass is 19.1. The van der Waals surface area contributed by atoms with Crippen LogP contribution in [-0.4, -0.2) is 51.8 Å². The van der Waals surface area contributed by atoms with Crippen molar-refractivity contribution >= 4 is 17.4 Å². The van der Waals surface area contributed by atoms with E-state index >= 15 is 0 Å². The number of halogens is 1. The number of ether oxygens (including phenoxy) is 1. The molecule has 0 radical (unpaired) electrons. The number of carbonyl (C=O) groups is 1. The molecule has 30 heavy (non-hydrogen) atoms. The van der Waals surface area contributed by atoms with E-state index in [1.807, 2.05) is 48.2 Å². The minimum absolute atomic E-state index is 0.0413. The molecule has 7 nitrogen and oxygen atoms in total. The molecule has 2 aromatic heterocycles. The van der Waals surface area contributed by atoms with Crippen LogP contribution in [0.2, 0.25) is 0 Å². The maximum absolute atomic E-state index is 13.8. The Bertz CT molecular complexity index is 1060. The third kappa shape index (κ3) is 3.11. The number of nitrogens with zero attached hydrogens (tertiary/aromatic N) is 5. The number of rotatable bonds is 3. The van der Waals surface area contributed by atoms with Crippen LogP contribution in [0.15, 0.2) is 48.8 Å². The van der Waals surface area contributed by atoms with Crippen LogP contribution in [0.3, 0.4) is 0 Å². The summed E-state index contributed by atoms with van der Waals surface area (Å²) in [6.45, 7) is 4.27. The second-order valence-corrected chi connectivity index (χ2v) is 8.28. The lowest BCUT2D eigenvalue weighted by Gasteiger charge is -2.41. The molecular weight excluding hydrogens is 385 g/mol. The second kappa shape index (κ2) is 7.36. The molecule has 2 aliphatic rings. The molecule has 156 valence electrons. The van der Waals surface area contributed by atoms with Gasteiger partial charge in [-0.3, -0.25) is 4.79 Å². The molecule has 4 heterocycles. The third-order valence-corrected chi connectivity index (χ3v) is 6.37. The molecule has 2 aliphatic heterocycles. The van der Waals surface area contributed by atoms with E-state index in [-0.39, 0.29) is 17.6 Å². The van der Waals surface area contributed by atoms with Crippen LogP contribution >= 0.6 is 0 Å². The van der Waals surface area contributed by atoms with Gasteiger partial charge in [-0.15, -0.1) is 0 Å². The van der Waals surface area contributed by atoms with Gasteiger partial charge in [0.2, 0.25) is 5.91 Å². The van der Waals surface area contributed by atoms with E-state index in [4.69, 9.17) is 4.74 Å². The number of carbonyl (C=O) groups excluding carboxylic acids is 1. The summed E-state index contributed by atoms with van der Waals surface area (Å²) in [6, 6.07) is 11.8. The molecular formula is C22H24FN5O2. The van der Waals surface area contributed by atoms with Gasteiger partial charge in [0.05, 0.1) is 24.3 Å². The Kier molecular flexibility index (Phi) is 4.66. The van der Waals surface area contributed by atoms with Crippen molar-refractivity contribution in [2.75, 3.05) is 31.3 Å². The van der Waals surface area contributed by atoms with Gasteiger partial charge >= 0.3 is 0 Å². The van der Waals surface area contributed by atoms with Crippen LogP contribution in [-0.2, 0) is 9.53 Å². The van der Waals surface area contributed by atoms with Crippen molar-refractivity contribution in [1.29, 1.82) is 0 Å². The Morgan fingerprint density at radius 1 is 1.20 bits per heavy atom. The first-order valence-corrected chi connectivity index (χ1v) is 10.2. The fourth-order valence-electron chi connectivity index (χ4n) is 4.47. The number of piperidine rings is 1. The van der Waals surface area contributed by atoms with E-state index in [1.54, 1.807) is 6.20 Å². The topological polar surface area (TPSA) is 63.0 Å². The molecule has 0 unspecified atom stereocenters. The first kappa shape index (κ1) is 19.0. The van der Waals surface area contributed by atoms with Crippen molar-refractivity contribution in [3.05, 3.63) is 60.2 Å². The van der Waals surface area contributed by atoms with Gasteiger partial charge in [0, 0.05) is 19.3 Å². The molecule has 1 amide bonds. The van der Waals surface area contributed by atoms with Gasteiger partial charge in [0.15, 0.2) is 11.5 Å². The molecule has 2 fully saturated rings. The Balaban J connectivity index is 1.33. The fraction of sp³-hybridized carbons (Fsp3) is 0.409. The molecule has 0 spiro atoms. The zero-order valence-electron chi connectivity index (χ0n) is 16.9. The molecule has 1 atom stereocenters. The van der Waals surface area contributed by atoms with Crippen LogP contribution in [0.1, 0.15) is 31.4 Å². The number of fused-ring (bicyclic) bond motifs is 1. The number of hydrogen-bond donors (Lipinski definition) is 0. The molecule has 3 aromatic rings. The molecule has 0 aliphatic carbocycles. The van der Waals surface area contributed by atoms with Crippen molar-refractivity contribution < 1.29 is 13.9 Å². The summed E-state index contributed by atoms with van der Waals surface area (Å²) < 4.78 is 21.0. The van der Waals surface area contributed by atoms with E-state index < -0.39 is 11.2 Å². The number of aromatic nitrogens is 3. The van der Waals surface area contributed by atoms with Crippen molar-refractivity contribution in [2.45, 2.75) is 25.8 Å². The summed E-state index contributed by atoms with van der Waals surface area (Å²) in [5.41, 5.74) is 0.861. The van der Waals surface area contributed by atoms with Crippen LogP contribution in [0.4, 0.5) is 10.2 Å². The maximum atomic E-state index is 13.8. The lowest BCUT2D eigenvalue weighted by molar-refractivity contribution is -0.144. The highest BCUT2D eigenvalue weighted by Crippen LogP contribution is 2.38. The normalized spacial score (nSPS) is 21.3. The molecule has 0 bridgehead atoms. The zero-order valence-corrected chi connectivity index (χ0v) is 16.9. The molecule has 8 heteroatoms. The van der Waals surface area contributed by atoms with Crippen molar-refractivity contribution in [3.63, 3.8) is 0 Å². The first-order valence-electron chi connectivity index (χ1n) is 10.2. The molecule has 0 saturated carbocycles. The largest absolute Gasteiger partial charge is 0.359 e. The van der Waals surface area contributed by atoms with E-state index in [0.717, 1.165) is 11.4 Å². The third-order valence-electron chi connectivity index (χ3n) is 6.37. The summed E-state index contributed by atoms with van der Waals surface area (Å²) in [4.78, 5) is 21.6. The summed E-state index contributed by atoms with van der Waals surface area (Å²) >= 11 is 0. The summed E-state index contributed by atoms with van der Waals surface area (Å²) in [5, 5.41) is 4.12. The molecule has 2 saturated heterocycles. The van der Waals surface area contributed by atoms with Crippen molar-refractivity contribution in [3.8, 4) is 0 Å². The second-order valence-electron chi connectivity index (χ2n) is 8.28. The Morgan fingerprint density at radius 3 is 2.73 bits per heavy atom. The monoisotopic (exact) mass is 409 g/mol. The standard InChI is InChI=1S/C22H24FN5O2/c1-22(21(29)27-15-30-14-18(27)16-5-3-2-4-6-16)8-11-26(12-9-22)19-7-10-24-20-17(23)13-25-28(19)20/h2-7,10,13,18H,8-9,11-12,14-15H2,1H3/t18-/m0/s1. The summed E-state index contributed by atoms with van der Waals surface area (Å²) in [6.07, 6.45) is 4.19. The Hall–Kier alpha value is -3.00. The van der Waals surface area contributed by atoms with E-state index in [0.29, 0.717) is 39.3 Å². The smallest absolute Gasteiger partial charge is 0.231 e. The van der Waals surface area contributed by atoms with Crippen molar-refractivity contribution in [1.82, 2.24) is 19.5 Å². The van der Waals surface area contributed by atoms with Crippen LogP contribution in [0, 0.1) is 11.2 Å². The lowest BCUT2D eigenvalue weighted by Crippen LogP contribution is -2.49. The quantitative estimate of drug-likeness (QED) is 0.665. The summed E-state index contributed by atoms with van der Waals surface area (Å²) in [7, 11) is 0. The van der Waals surface area contributed by atoms with Gasteiger partial charge in [-0.1, -0.05) is 37.3 Å². The Morgan fingerprint density at radius 2 is 1.97 bits per heavy atom. The fourth-order valence-corrected chi connectivity index (χ4v) is 4.47. The van der Waals surface area contributed by atoms with Gasteiger partial charge < -0.3 is 14.5 Å². The molecule has 1 aromatic carbocycles. The van der Waals surface area contributed by atoms with E-state index in [2.05, 4.69) is 15.0 Å². The van der Waals surface area contributed by atoms with Crippen LogP contribution in [0.25, 0.3) is 5.65 Å². The lowest BCUT2D eigenvalue weighted by atomic mass is 9.78. The maximum Gasteiger partial charge on any atom is 0.231 e. The number of benzene rings is 1. The van der Waals surface area contributed by atoms with E-state index in [9.17, 15) is 9.18 Å². The predicted octanol–water partition coefficient (Wildman–Crippen LogP) is 3.03. The average molecular weight is 409 g/mol. The average Bonchev–Trinajstić information content (AvgIpc) is 3.42. The zero-order chi connectivity index (χ0) is 20.7. The molecule has 0 N–H and O–H groups in total. The van der Waals surface area contributed by atoms with Gasteiger partial charge in [-0.25, -0.2) is 9.37 Å². The van der Waals surface area contributed by atoms with Gasteiger partial charge in [-0.2, -0.15) is 9.61 Å². The highest BCUT2D eigenvalue weighted by Gasteiger charge is 2.43. The predicted molar refractivity (Wildman–Crippen MR) is 109 cm³/mol. The highest BCUT2D eigenvalue weighted by molar-refractivity contribution is 5.83. The van der Waals surface area contributed by atoms with Crippen LogP contribution < -0.4 is 4.90 Å². The van der Waals surface area contributed by atoms with Crippen molar-refractivity contribution in [2.24, 2.45) is 5.41 Å². The van der Waals surface area contributed by atoms with E-state index in [1.165, 1.54) is 10.7 Å². The van der Waals surface area contributed by atoms with Gasteiger partial charge in [-0.05, 0) is 24.5 Å². The minimum atomic E-state index is -0.460. The van der Waals surface area contributed by atoms with Gasteiger partial charge in [0.1, 0.15) is 12.5 Å². The van der Waals surface area contributed by atoms with Gasteiger partial charge in [0.25, 0.3) is 0 Å². The summed E-state index contributed by atoms with van der Waals surface area (Å²) in [5.74, 6) is 0.499. The minimum Gasteiger partial charge on any atom is -0.359 e. The van der Waals surface area contributed by atoms with Crippen LogP contribution in [0.5, 0.6) is 0 Å². The molecule has 5 rings (SSSR count). The number of anilines is 1.